The van der Waals surface area contributed by atoms with Crippen LogP contribution in [0, 0.1) is 0 Å². The number of benzene rings is 4. The van der Waals surface area contributed by atoms with Crippen LogP contribution in [0.1, 0.15) is 40.3 Å². The topological polar surface area (TPSA) is 138 Å². The average molecular weight is 656 g/mol. The highest BCUT2D eigenvalue weighted by atomic mass is 35.5. The van der Waals surface area contributed by atoms with Gasteiger partial charge in [-0.1, -0.05) is 41.9 Å². The van der Waals surface area contributed by atoms with Crippen molar-refractivity contribution in [3.05, 3.63) is 101 Å². The molecule has 4 aromatic carbocycles. The number of para-hydroxylation sites is 1. The number of nitrogens with one attached hydrogen (secondary N) is 2. The molecule has 0 fully saturated rings. The second-order valence-electron chi connectivity index (χ2n) is 9.92. The van der Waals surface area contributed by atoms with Crippen LogP contribution in [0.3, 0.4) is 0 Å². The lowest BCUT2D eigenvalue weighted by Crippen LogP contribution is -2.19. The normalized spacial score (nSPS) is 10.9. The first-order valence-electron chi connectivity index (χ1n) is 14.4. The van der Waals surface area contributed by atoms with Gasteiger partial charge in [-0.3, -0.25) is 9.59 Å². The van der Waals surface area contributed by atoms with Crippen LogP contribution in [0.15, 0.2) is 84.0 Å². The van der Waals surface area contributed by atoms with Gasteiger partial charge in [-0.25, -0.2) is 10.2 Å². The number of hydrogen-bond acceptors (Lipinski definition) is 9. The van der Waals surface area contributed by atoms with Gasteiger partial charge in [-0.15, -0.1) is 0 Å². The number of H-pyrrole nitrogens is 1. The molecule has 1 amide bonds. The monoisotopic (exact) mass is 655 g/mol. The van der Waals surface area contributed by atoms with E-state index in [-0.39, 0.29) is 34.3 Å². The molecule has 1 aromatic heterocycles. The van der Waals surface area contributed by atoms with Gasteiger partial charge >= 0.3 is 11.9 Å². The van der Waals surface area contributed by atoms with E-state index in [1.54, 1.807) is 44.4 Å². The van der Waals surface area contributed by atoms with E-state index in [1.807, 2.05) is 30.3 Å². The van der Waals surface area contributed by atoms with Crippen molar-refractivity contribution in [3.63, 3.8) is 0 Å². The Morgan fingerprint density at radius 2 is 1.60 bits per heavy atom. The van der Waals surface area contributed by atoms with Crippen molar-refractivity contribution in [2.75, 3.05) is 20.8 Å². The molecule has 0 aliphatic rings. The van der Waals surface area contributed by atoms with E-state index in [1.165, 1.54) is 38.4 Å². The van der Waals surface area contributed by atoms with Gasteiger partial charge in [0.05, 0.1) is 38.1 Å². The van der Waals surface area contributed by atoms with Crippen molar-refractivity contribution >= 4 is 46.6 Å². The van der Waals surface area contributed by atoms with E-state index in [9.17, 15) is 14.4 Å². The fraction of sp³-hybridized carbons (Fsp3) is 0.143. The molecule has 0 spiro atoms. The molecule has 12 heteroatoms. The SMILES string of the molecule is CCOc1cc(C=NNC(=O)c2[nH]c3c(OC)cccc3c2-c2ccccc2Cl)ccc1OC(=O)c1ccc(OC(C)=O)c(OC)c1. The number of nitrogens with zero attached hydrogens (tertiary/aromatic N) is 1. The lowest BCUT2D eigenvalue weighted by atomic mass is 10.0. The number of hydrogen-bond donors (Lipinski definition) is 2. The zero-order valence-electron chi connectivity index (χ0n) is 25.9. The van der Waals surface area contributed by atoms with E-state index < -0.39 is 17.8 Å². The molecular formula is C35H30ClN3O8. The summed E-state index contributed by atoms with van der Waals surface area (Å²) in [4.78, 5) is 40.9. The number of aromatic nitrogens is 1. The number of esters is 2. The van der Waals surface area contributed by atoms with Crippen LogP contribution >= 0.6 is 11.6 Å². The summed E-state index contributed by atoms with van der Waals surface area (Å²) in [7, 11) is 2.95. The van der Waals surface area contributed by atoms with Crippen molar-refractivity contribution in [3.8, 4) is 39.9 Å². The van der Waals surface area contributed by atoms with Crippen molar-refractivity contribution in [1.29, 1.82) is 0 Å². The number of aromatic amines is 1. The predicted octanol–water partition coefficient (Wildman–Crippen LogP) is 6.81. The molecular weight excluding hydrogens is 626 g/mol. The lowest BCUT2D eigenvalue weighted by molar-refractivity contribution is -0.132. The van der Waals surface area contributed by atoms with Crippen LogP contribution in [0.2, 0.25) is 5.02 Å². The van der Waals surface area contributed by atoms with Crippen LogP contribution in [0.4, 0.5) is 0 Å². The molecule has 0 unspecified atom stereocenters. The number of methoxy groups -OCH3 is 2. The first-order chi connectivity index (χ1) is 22.7. The van der Waals surface area contributed by atoms with Gasteiger partial charge in [0.2, 0.25) is 0 Å². The van der Waals surface area contributed by atoms with Gasteiger partial charge in [-0.2, -0.15) is 5.10 Å². The Kier molecular flexibility index (Phi) is 10.1. The maximum absolute atomic E-state index is 13.5. The number of hydrazone groups is 1. The van der Waals surface area contributed by atoms with Crippen LogP contribution in [-0.4, -0.2) is 49.9 Å². The number of ether oxygens (including phenoxy) is 5. The summed E-state index contributed by atoms with van der Waals surface area (Å²) >= 11 is 6.54. The summed E-state index contributed by atoms with van der Waals surface area (Å²) < 4.78 is 27.2. The van der Waals surface area contributed by atoms with Gasteiger partial charge in [0, 0.05) is 28.5 Å². The molecule has 240 valence electrons. The largest absolute Gasteiger partial charge is 0.495 e. The Labute approximate surface area is 275 Å². The third-order valence-electron chi connectivity index (χ3n) is 6.89. The van der Waals surface area contributed by atoms with Crippen LogP contribution in [0.25, 0.3) is 22.0 Å². The summed E-state index contributed by atoms with van der Waals surface area (Å²) in [6.45, 7) is 3.34. The standard InChI is InChI=1S/C35H30ClN3O8/c1-5-45-30-17-21(13-15-27(30)47-35(42)22-14-16-26(46-20(2)40)29(18-22)44-4)19-37-39-34(41)33-31(23-9-6-7-11-25(23)36)24-10-8-12-28(43-3)32(24)38-33/h6-19,38H,5H2,1-4H3,(H,39,41). The molecule has 0 saturated carbocycles. The third-order valence-corrected chi connectivity index (χ3v) is 7.22. The number of carbonyl (C=O) groups is 3. The summed E-state index contributed by atoms with van der Waals surface area (Å²) in [6, 6.07) is 21.9. The number of halogens is 1. The molecule has 5 aromatic rings. The van der Waals surface area contributed by atoms with Crippen molar-refractivity contribution in [1.82, 2.24) is 10.4 Å². The molecule has 0 aliphatic carbocycles. The highest BCUT2D eigenvalue weighted by Gasteiger charge is 2.22. The highest BCUT2D eigenvalue weighted by molar-refractivity contribution is 6.34. The van der Waals surface area contributed by atoms with E-state index in [4.69, 9.17) is 35.3 Å². The second kappa shape index (κ2) is 14.5. The minimum absolute atomic E-state index is 0.164. The van der Waals surface area contributed by atoms with Crippen molar-refractivity contribution in [2.24, 2.45) is 5.10 Å². The summed E-state index contributed by atoms with van der Waals surface area (Å²) in [5.41, 5.74) is 5.48. The van der Waals surface area contributed by atoms with Crippen molar-refractivity contribution in [2.45, 2.75) is 13.8 Å². The van der Waals surface area contributed by atoms with Gasteiger partial charge in [0.1, 0.15) is 11.4 Å². The zero-order valence-corrected chi connectivity index (χ0v) is 26.6. The second-order valence-corrected chi connectivity index (χ2v) is 10.3. The molecule has 2 N–H and O–H groups in total. The number of carbonyl (C=O) groups excluding carboxylic acids is 3. The number of rotatable bonds is 11. The van der Waals surface area contributed by atoms with Crippen LogP contribution in [-0.2, 0) is 4.79 Å². The van der Waals surface area contributed by atoms with Gasteiger partial charge < -0.3 is 28.7 Å². The number of amides is 1. The van der Waals surface area contributed by atoms with Crippen molar-refractivity contribution < 1.29 is 38.1 Å². The summed E-state index contributed by atoms with van der Waals surface area (Å²) in [6.07, 6.45) is 1.43. The average Bonchev–Trinajstić information content (AvgIpc) is 3.46. The molecule has 1 heterocycles. The Hall–Kier alpha value is -5.81. The molecule has 0 aliphatic heterocycles. The molecule has 11 nitrogen and oxygen atoms in total. The summed E-state index contributed by atoms with van der Waals surface area (Å²) in [5.74, 6) is -0.327. The highest BCUT2D eigenvalue weighted by Crippen LogP contribution is 2.39. The fourth-order valence-corrected chi connectivity index (χ4v) is 5.08. The van der Waals surface area contributed by atoms with Gasteiger partial charge in [-0.05, 0) is 61.0 Å². The number of fused-ring (bicyclic) bond motifs is 1. The maximum Gasteiger partial charge on any atom is 0.343 e. The zero-order chi connectivity index (χ0) is 33.5. The Balaban J connectivity index is 1.36. The third kappa shape index (κ3) is 7.21. The molecule has 5 rings (SSSR count). The first-order valence-corrected chi connectivity index (χ1v) is 14.7. The van der Waals surface area contributed by atoms with Gasteiger partial charge in [0.15, 0.2) is 23.0 Å². The Morgan fingerprint density at radius 3 is 2.32 bits per heavy atom. The Bertz CT molecular complexity index is 2000. The van der Waals surface area contributed by atoms with Gasteiger partial charge in [0.25, 0.3) is 5.91 Å². The molecule has 0 saturated heterocycles. The molecule has 0 bridgehead atoms. The molecule has 0 atom stereocenters. The van der Waals surface area contributed by atoms with E-state index in [2.05, 4.69) is 15.5 Å². The van der Waals surface area contributed by atoms with Crippen LogP contribution < -0.4 is 29.1 Å². The smallest absolute Gasteiger partial charge is 0.343 e. The van der Waals surface area contributed by atoms with E-state index >= 15 is 0 Å². The van der Waals surface area contributed by atoms with E-state index in [0.717, 1.165) is 5.39 Å². The minimum Gasteiger partial charge on any atom is -0.495 e. The molecule has 0 radical (unpaired) electrons. The first kappa shape index (κ1) is 32.6. The predicted molar refractivity (Wildman–Crippen MR) is 177 cm³/mol. The summed E-state index contributed by atoms with van der Waals surface area (Å²) in [5, 5.41) is 5.40. The quantitative estimate of drug-likeness (QED) is 0.0685. The molecule has 47 heavy (non-hydrogen) atoms. The Morgan fingerprint density at radius 1 is 0.851 bits per heavy atom. The van der Waals surface area contributed by atoms with E-state index in [0.29, 0.717) is 39.6 Å². The fourth-order valence-electron chi connectivity index (χ4n) is 4.85. The van der Waals surface area contributed by atoms with Crippen LogP contribution in [0.5, 0.6) is 28.7 Å². The lowest BCUT2D eigenvalue weighted by Gasteiger charge is -2.13. The minimum atomic E-state index is -0.684. The maximum atomic E-state index is 13.5.